The van der Waals surface area contributed by atoms with Crippen LogP contribution in [0.2, 0.25) is 10.0 Å². The highest BCUT2D eigenvalue weighted by atomic mass is 35.5. The molecule has 1 aliphatic heterocycles. The molecule has 0 aliphatic carbocycles. The Balaban J connectivity index is 1.49. The fourth-order valence-electron chi connectivity index (χ4n) is 5.08. The van der Waals surface area contributed by atoms with E-state index in [0.29, 0.717) is 34.7 Å². The standard InChI is InChI=1S/C28H30Cl2N2O2/c29-24-14-7-15-25(30)26(24)34-18-17-32-16-8-9-21(20-32)19-28(27(31)33,22-10-3-1-4-11-22)23-12-5-2-6-13-23/h1-7,10-15,21H,8-9,16-20H2,(H2,31,33). The zero-order chi connectivity index (χ0) is 24.0. The summed E-state index contributed by atoms with van der Waals surface area (Å²) < 4.78 is 5.90. The number of carbonyl (C=O) groups is 1. The molecule has 0 saturated carbocycles. The topological polar surface area (TPSA) is 55.6 Å². The minimum absolute atomic E-state index is 0.307. The minimum Gasteiger partial charge on any atom is -0.489 e. The van der Waals surface area contributed by atoms with Crippen molar-refractivity contribution >= 4 is 29.1 Å². The van der Waals surface area contributed by atoms with Gasteiger partial charge in [0, 0.05) is 13.1 Å². The molecule has 3 aromatic carbocycles. The first kappa shape index (κ1) is 24.6. The Morgan fingerprint density at radius 1 is 0.941 bits per heavy atom. The second-order valence-corrected chi connectivity index (χ2v) is 9.73. The molecule has 1 atom stereocenters. The van der Waals surface area contributed by atoms with Crippen LogP contribution < -0.4 is 10.5 Å². The van der Waals surface area contributed by atoms with Crippen LogP contribution in [0.15, 0.2) is 78.9 Å². The highest BCUT2D eigenvalue weighted by molar-refractivity contribution is 6.37. The lowest BCUT2D eigenvalue weighted by Crippen LogP contribution is -2.47. The minimum atomic E-state index is -0.863. The lowest BCUT2D eigenvalue weighted by Gasteiger charge is -2.39. The molecule has 0 bridgehead atoms. The summed E-state index contributed by atoms with van der Waals surface area (Å²) in [5.74, 6) is 0.546. The number of piperidine rings is 1. The predicted octanol–water partition coefficient (Wildman–Crippen LogP) is 5.95. The molecule has 1 unspecified atom stereocenters. The summed E-state index contributed by atoms with van der Waals surface area (Å²) in [4.78, 5) is 15.5. The van der Waals surface area contributed by atoms with Crippen molar-refractivity contribution in [3.05, 3.63) is 100 Å². The zero-order valence-corrected chi connectivity index (χ0v) is 20.6. The molecule has 1 heterocycles. The monoisotopic (exact) mass is 496 g/mol. The quantitative estimate of drug-likeness (QED) is 0.398. The number of primary amides is 1. The van der Waals surface area contributed by atoms with E-state index < -0.39 is 5.41 Å². The van der Waals surface area contributed by atoms with Crippen molar-refractivity contribution in [2.75, 3.05) is 26.2 Å². The number of benzene rings is 3. The van der Waals surface area contributed by atoms with Gasteiger partial charge in [0.15, 0.2) is 5.75 Å². The number of nitrogens with zero attached hydrogens (tertiary/aromatic N) is 1. The van der Waals surface area contributed by atoms with Gasteiger partial charge in [-0.1, -0.05) is 89.9 Å². The lowest BCUT2D eigenvalue weighted by atomic mass is 9.67. The molecule has 6 heteroatoms. The molecule has 1 fully saturated rings. The molecular formula is C28H30Cl2N2O2. The fourth-order valence-corrected chi connectivity index (χ4v) is 5.59. The number of nitrogens with two attached hydrogens (primary N) is 1. The first-order valence-electron chi connectivity index (χ1n) is 11.7. The molecular weight excluding hydrogens is 467 g/mol. The maximum Gasteiger partial charge on any atom is 0.232 e. The van der Waals surface area contributed by atoms with Gasteiger partial charge in [0.05, 0.1) is 15.5 Å². The molecule has 0 radical (unpaired) electrons. The Hall–Kier alpha value is -2.53. The van der Waals surface area contributed by atoms with Crippen molar-refractivity contribution in [3.8, 4) is 5.75 Å². The summed E-state index contributed by atoms with van der Waals surface area (Å²) in [7, 11) is 0. The average molecular weight is 497 g/mol. The average Bonchev–Trinajstić information content (AvgIpc) is 2.85. The summed E-state index contributed by atoms with van der Waals surface area (Å²) in [5.41, 5.74) is 7.19. The zero-order valence-electron chi connectivity index (χ0n) is 19.1. The fraction of sp³-hybridized carbons (Fsp3) is 0.321. The predicted molar refractivity (Wildman–Crippen MR) is 139 cm³/mol. The first-order valence-corrected chi connectivity index (χ1v) is 12.5. The lowest BCUT2D eigenvalue weighted by molar-refractivity contribution is -0.123. The second kappa shape index (κ2) is 11.3. The van der Waals surface area contributed by atoms with Crippen molar-refractivity contribution in [2.45, 2.75) is 24.7 Å². The number of carbonyl (C=O) groups excluding carboxylic acids is 1. The molecule has 34 heavy (non-hydrogen) atoms. The van der Waals surface area contributed by atoms with Crippen LogP contribution in [0.1, 0.15) is 30.4 Å². The Morgan fingerprint density at radius 3 is 2.09 bits per heavy atom. The molecule has 0 aromatic heterocycles. The summed E-state index contributed by atoms with van der Waals surface area (Å²) in [6.07, 6.45) is 2.79. The van der Waals surface area contributed by atoms with Crippen molar-refractivity contribution in [3.63, 3.8) is 0 Å². The number of halogens is 2. The summed E-state index contributed by atoms with van der Waals surface area (Å²) in [6.45, 7) is 3.14. The summed E-state index contributed by atoms with van der Waals surface area (Å²) in [6, 6.07) is 25.2. The van der Waals surface area contributed by atoms with Crippen LogP contribution in [0, 0.1) is 5.92 Å². The number of hydrogen-bond acceptors (Lipinski definition) is 3. The smallest absolute Gasteiger partial charge is 0.232 e. The van der Waals surface area contributed by atoms with E-state index in [2.05, 4.69) is 4.90 Å². The maximum absolute atomic E-state index is 13.1. The SMILES string of the molecule is NC(=O)C(CC1CCCN(CCOc2c(Cl)cccc2Cl)C1)(c1ccccc1)c1ccccc1. The maximum atomic E-state index is 13.1. The van der Waals surface area contributed by atoms with E-state index in [1.54, 1.807) is 18.2 Å². The van der Waals surface area contributed by atoms with Gasteiger partial charge in [0.1, 0.15) is 6.61 Å². The summed E-state index contributed by atoms with van der Waals surface area (Å²) in [5, 5.41) is 1.03. The first-order chi connectivity index (χ1) is 16.5. The Morgan fingerprint density at radius 2 is 1.53 bits per heavy atom. The third-order valence-corrected chi connectivity index (χ3v) is 7.32. The van der Waals surface area contributed by atoms with Crippen LogP contribution in [0.5, 0.6) is 5.75 Å². The van der Waals surface area contributed by atoms with Gasteiger partial charge in [-0.2, -0.15) is 0 Å². The van der Waals surface area contributed by atoms with Crippen LogP contribution in [-0.2, 0) is 10.2 Å². The normalized spacial score (nSPS) is 16.8. The van der Waals surface area contributed by atoms with Crippen LogP contribution in [-0.4, -0.2) is 37.0 Å². The van der Waals surface area contributed by atoms with Crippen molar-refractivity contribution in [1.29, 1.82) is 0 Å². The molecule has 1 saturated heterocycles. The number of amides is 1. The van der Waals surface area contributed by atoms with Gasteiger partial charge in [-0.3, -0.25) is 9.69 Å². The van der Waals surface area contributed by atoms with Crippen LogP contribution in [0.3, 0.4) is 0 Å². The second-order valence-electron chi connectivity index (χ2n) is 8.91. The van der Waals surface area contributed by atoms with Crippen LogP contribution >= 0.6 is 23.2 Å². The molecule has 1 amide bonds. The summed E-state index contributed by atoms with van der Waals surface area (Å²) >= 11 is 12.5. The van der Waals surface area contributed by atoms with Crippen molar-refractivity contribution < 1.29 is 9.53 Å². The van der Waals surface area contributed by atoms with Gasteiger partial charge >= 0.3 is 0 Å². The Labute approximate surface area is 211 Å². The van der Waals surface area contributed by atoms with Crippen LogP contribution in [0.25, 0.3) is 0 Å². The van der Waals surface area contributed by atoms with Gasteiger partial charge in [0.2, 0.25) is 5.91 Å². The Kier molecular flexibility index (Phi) is 8.15. The third-order valence-electron chi connectivity index (χ3n) is 6.72. The third kappa shape index (κ3) is 5.41. The van der Waals surface area contributed by atoms with E-state index in [4.69, 9.17) is 33.7 Å². The highest BCUT2D eigenvalue weighted by Crippen LogP contribution is 2.40. The number of likely N-dealkylation sites (tertiary alicyclic amines) is 1. The van der Waals surface area contributed by atoms with Crippen molar-refractivity contribution in [1.82, 2.24) is 4.90 Å². The van der Waals surface area contributed by atoms with E-state index in [1.807, 2.05) is 60.7 Å². The van der Waals surface area contributed by atoms with E-state index in [9.17, 15) is 4.79 Å². The van der Waals surface area contributed by atoms with Gasteiger partial charge in [-0.25, -0.2) is 0 Å². The molecule has 1 aliphatic rings. The molecule has 3 aromatic rings. The van der Waals surface area contributed by atoms with E-state index in [1.165, 1.54) is 0 Å². The molecule has 4 rings (SSSR count). The molecule has 4 nitrogen and oxygen atoms in total. The van der Waals surface area contributed by atoms with E-state index in [-0.39, 0.29) is 5.91 Å². The van der Waals surface area contributed by atoms with Crippen molar-refractivity contribution in [2.24, 2.45) is 11.7 Å². The van der Waals surface area contributed by atoms with Gasteiger partial charge in [-0.15, -0.1) is 0 Å². The van der Waals surface area contributed by atoms with Gasteiger partial charge in [-0.05, 0) is 55.0 Å². The number of rotatable bonds is 9. The van der Waals surface area contributed by atoms with Gasteiger partial charge in [0.25, 0.3) is 0 Å². The van der Waals surface area contributed by atoms with Gasteiger partial charge < -0.3 is 10.5 Å². The molecule has 0 spiro atoms. The van der Waals surface area contributed by atoms with Crippen LogP contribution in [0.4, 0.5) is 0 Å². The van der Waals surface area contributed by atoms with E-state index in [0.717, 1.165) is 43.6 Å². The molecule has 2 N–H and O–H groups in total. The molecule has 178 valence electrons. The highest BCUT2D eigenvalue weighted by Gasteiger charge is 2.42. The number of ether oxygens (including phenoxy) is 1. The van der Waals surface area contributed by atoms with E-state index >= 15 is 0 Å². The number of para-hydroxylation sites is 1. The largest absolute Gasteiger partial charge is 0.489 e. The number of hydrogen-bond donors (Lipinski definition) is 1. The Bertz CT molecular complexity index is 1030.